The van der Waals surface area contributed by atoms with Gasteiger partial charge in [0.15, 0.2) is 5.75 Å². The van der Waals surface area contributed by atoms with Crippen LogP contribution in [0, 0.1) is 11.3 Å². The van der Waals surface area contributed by atoms with Crippen LogP contribution >= 0.6 is 0 Å². The first-order valence-corrected chi connectivity index (χ1v) is 8.86. The van der Waals surface area contributed by atoms with Crippen LogP contribution in [-0.4, -0.2) is 34.1 Å². The molecule has 0 aliphatic rings. The van der Waals surface area contributed by atoms with E-state index in [0.29, 0.717) is 17.6 Å². The fourth-order valence-electron chi connectivity index (χ4n) is 3.25. The fourth-order valence-corrected chi connectivity index (χ4v) is 3.25. The van der Waals surface area contributed by atoms with Crippen LogP contribution in [0.1, 0.15) is 30.9 Å². The minimum absolute atomic E-state index is 0.0700. The van der Waals surface area contributed by atoms with Gasteiger partial charge >= 0.3 is 6.09 Å². The third-order valence-corrected chi connectivity index (χ3v) is 4.65. The molecule has 140 valence electrons. The Hall–Kier alpha value is -3.27. The molecule has 2 heterocycles. The van der Waals surface area contributed by atoms with Gasteiger partial charge in [-0.05, 0) is 25.0 Å². The highest BCUT2D eigenvalue weighted by atomic mass is 16.6. The Kier molecular flexibility index (Phi) is 4.91. The molecule has 3 aromatic rings. The summed E-state index contributed by atoms with van der Waals surface area (Å²) < 4.78 is 8.83. The van der Waals surface area contributed by atoms with Gasteiger partial charge in [-0.15, -0.1) is 0 Å². The number of hydrogen-bond acceptors (Lipinski definition) is 4. The summed E-state index contributed by atoms with van der Waals surface area (Å²) in [5.41, 5.74) is 2.26. The number of aromatic nitrogens is 2. The maximum atomic E-state index is 13.3. The summed E-state index contributed by atoms with van der Waals surface area (Å²) in [7, 11) is 4.91. The van der Waals surface area contributed by atoms with Gasteiger partial charge in [0, 0.05) is 21.1 Å². The summed E-state index contributed by atoms with van der Waals surface area (Å²) in [5.74, 6) is 0.0700. The van der Waals surface area contributed by atoms with Crippen LogP contribution in [0.25, 0.3) is 16.7 Å². The topological polar surface area (TPSA) is 79.7 Å². The zero-order valence-electron chi connectivity index (χ0n) is 15.9. The maximum absolute atomic E-state index is 13.3. The Morgan fingerprint density at radius 1 is 1.26 bits per heavy atom. The van der Waals surface area contributed by atoms with Crippen LogP contribution in [0.5, 0.6) is 5.75 Å². The van der Waals surface area contributed by atoms with Crippen LogP contribution in [0.15, 0.2) is 29.1 Å². The summed E-state index contributed by atoms with van der Waals surface area (Å²) in [6.07, 6.45) is 1.45. The number of aryl methyl sites for hydroxylation is 1. The minimum Gasteiger partial charge on any atom is -0.408 e. The third-order valence-electron chi connectivity index (χ3n) is 4.65. The number of pyridine rings is 1. The number of amides is 1. The van der Waals surface area contributed by atoms with Crippen molar-refractivity contribution in [3.05, 3.63) is 45.7 Å². The van der Waals surface area contributed by atoms with Gasteiger partial charge < -0.3 is 14.2 Å². The molecule has 27 heavy (non-hydrogen) atoms. The lowest BCUT2D eigenvalue weighted by Crippen LogP contribution is -2.28. The maximum Gasteiger partial charge on any atom is 0.414 e. The van der Waals surface area contributed by atoms with Crippen molar-refractivity contribution in [1.29, 1.82) is 5.26 Å². The molecule has 7 heteroatoms. The molecule has 0 saturated heterocycles. The van der Waals surface area contributed by atoms with Gasteiger partial charge in [0.1, 0.15) is 17.3 Å². The van der Waals surface area contributed by atoms with Gasteiger partial charge in [-0.25, -0.2) is 4.79 Å². The molecule has 2 aromatic heterocycles. The highest BCUT2D eigenvalue weighted by molar-refractivity contribution is 5.85. The van der Waals surface area contributed by atoms with Gasteiger partial charge in [-0.3, -0.25) is 9.20 Å². The van der Waals surface area contributed by atoms with Crippen molar-refractivity contribution in [2.75, 3.05) is 14.1 Å². The predicted octanol–water partition coefficient (Wildman–Crippen LogP) is 3.07. The second-order valence-corrected chi connectivity index (χ2v) is 6.67. The summed E-state index contributed by atoms with van der Waals surface area (Å²) in [4.78, 5) is 26.8. The predicted molar refractivity (Wildman–Crippen MR) is 103 cm³/mol. The summed E-state index contributed by atoms with van der Waals surface area (Å²) >= 11 is 0. The molecule has 1 amide bonds. The minimum atomic E-state index is -0.619. The van der Waals surface area contributed by atoms with Crippen molar-refractivity contribution >= 4 is 22.8 Å². The van der Waals surface area contributed by atoms with E-state index in [1.54, 1.807) is 30.1 Å². The number of nitriles is 1. The van der Waals surface area contributed by atoms with Crippen LogP contribution in [0.4, 0.5) is 4.79 Å². The van der Waals surface area contributed by atoms with Crippen molar-refractivity contribution in [2.24, 2.45) is 7.05 Å². The SMILES string of the molecule is CCCCc1c(OC(=O)N(C)C)c(C#N)c2n(C)c3ccccc3n2c1=O. The highest BCUT2D eigenvalue weighted by Gasteiger charge is 2.25. The first kappa shape index (κ1) is 18.5. The van der Waals surface area contributed by atoms with Crippen molar-refractivity contribution in [2.45, 2.75) is 26.2 Å². The Balaban J connectivity index is 2.46. The average molecular weight is 366 g/mol. The van der Waals surface area contributed by atoms with Gasteiger partial charge in [0.05, 0.1) is 16.6 Å². The van der Waals surface area contributed by atoms with E-state index in [2.05, 4.69) is 6.07 Å². The van der Waals surface area contributed by atoms with E-state index in [1.807, 2.05) is 31.2 Å². The van der Waals surface area contributed by atoms with Crippen molar-refractivity contribution < 1.29 is 9.53 Å². The summed E-state index contributed by atoms with van der Waals surface area (Å²) in [6.45, 7) is 2.02. The number of imidazole rings is 1. The van der Waals surface area contributed by atoms with E-state index in [0.717, 1.165) is 23.9 Å². The normalized spacial score (nSPS) is 10.9. The smallest absolute Gasteiger partial charge is 0.408 e. The molecule has 0 aliphatic carbocycles. The zero-order valence-corrected chi connectivity index (χ0v) is 15.9. The van der Waals surface area contributed by atoms with Crippen LogP contribution < -0.4 is 10.3 Å². The van der Waals surface area contributed by atoms with E-state index in [-0.39, 0.29) is 16.9 Å². The zero-order chi connectivity index (χ0) is 19.7. The van der Waals surface area contributed by atoms with Crippen molar-refractivity contribution in [1.82, 2.24) is 13.9 Å². The van der Waals surface area contributed by atoms with Gasteiger partial charge in [0.2, 0.25) is 0 Å². The number of carbonyl (C=O) groups excluding carboxylic acids is 1. The first-order valence-electron chi connectivity index (χ1n) is 8.86. The molecule has 0 atom stereocenters. The van der Waals surface area contributed by atoms with Crippen LogP contribution in [0.2, 0.25) is 0 Å². The molecule has 1 aromatic carbocycles. The van der Waals surface area contributed by atoms with Crippen molar-refractivity contribution in [3.63, 3.8) is 0 Å². The second-order valence-electron chi connectivity index (χ2n) is 6.67. The Bertz CT molecular complexity index is 1130. The van der Waals surface area contributed by atoms with E-state index in [1.165, 1.54) is 4.90 Å². The molecule has 0 spiro atoms. The molecule has 0 radical (unpaired) electrons. The molecule has 0 aliphatic heterocycles. The van der Waals surface area contributed by atoms with E-state index >= 15 is 0 Å². The summed E-state index contributed by atoms with van der Waals surface area (Å²) in [5, 5.41) is 9.87. The molecule has 0 unspecified atom stereocenters. The molecular formula is C20H22N4O3. The number of para-hydroxylation sites is 2. The molecular weight excluding hydrogens is 344 g/mol. The molecule has 7 nitrogen and oxygen atoms in total. The number of hydrogen-bond donors (Lipinski definition) is 0. The van der Waals surface area contributed by atoms with Gasteiger partial charge in [-0.2, -0.15) is 5.26 Å². The quantitative estimate of drug-likeness (QED) is 0.711. The molecule has 0 saturated carbocycles. The average Bonchev–Trinajstić information content (AvgIpc) is 2.95. The number of carbonyl (C=O) groups is 1. The first-order chi connectivity index (χ1) is 12.9. The molecule has 0 fully saturated rings. The van der Waals surface area contributed by atoms with Gasteiger partial charge in [0.25, 0.3) is 5.56 Å². The number of unbranched alkanes of at least 4 members (excludes halogenated alkanes) is 1. The number of benzene rings is 1. The number of rotatable bonds is 4. The Labute approximate surface area is 157 Å². The van der Waals surface area contributed by atoms with E-state index in [9.17, 15) is 14.9 Å². The monoisotopic (exact) mass is 366 g/mol. The van der Waals surface area contributed by atoms with Crippen LogP contribution in [-0.2, 0) is 13.5 Å². The number of nitrogens with zero attached hydrogens (tertiary/aromatic N) is 4. The molecule has 3 rings (SSSR count). The van der Waals surface area contributed by atoms with Crippen molar-refractivity contribution in [3.8, 4) is 11.8 Å². The van der Waals surface area contributed by atoms with E-state index in [4.69, 9.17) is 4.74 Å². The highest BCUT2D eigenvalue weighted by Crippen LogP contribution is 2.30. The fraction of sp³-hybridized carbons (Fsp3) is 0.350. The number of fused-ring (bicyclic) bond motifs is 3. The van der Waals surface area contributed by atoms with E-state index < -0.39 is 6.09 Å². The standard InChI is InChI=1S/C20H22N4O3/c1-5-6-9-13-17(27-20(26)22(2)3)14(12-21)18-23(4)15-10-7-8-11-16(15)24(18)19(13)25/h7-8,10-11H,5-6,9H2,1-4H3. The van der Waals surface area contributed by atoms with Crippen LogP contribution in [0.3, 0.4) is 0 Å². The second kappa shape index (κ2) is 7.16. The third kappa shape index (κ3) is 2.93. The molecule has 0 N–H and O–H groups in total. The number of ether oxygens (including phenoxy) is 1. The Morgan fingerprint density at radius 3 is 2.52 bits per heavy atom. The lowest BCUT2D eigenvalue weighted by atomic mass is 10.1. The van der Waals surface area contributed by atoms with Gasteiger partial charge in [-0.1, -0.05) is 25.5 Å². The Morgan fingerprint density at radius 2 is 1.93 bits per heavy atom. The lowest BCUT2D eigenvalue weighted by Gasteiger charge is -2.16. The largest absolute Gasteiger partial charge is 0.414 e. The summed E-state index contributed by atoms with van der Waals surface area (Å²) in [6, 6.07) is 9.62. The lowest BCUT2D eigenvalue weighted by molar-refractivity contribution is 0.171. The molecule has 0 bridgehead atoms.